The molecule has 0 bridgehead atoms. The van der Waals surface area contributed by atoms with Crippen LogP contribution in [0, 0.1) is 13.8 Å². The molecule has 0 amide bonds. The van der Waals surface area contributed by atoms with E-state index in [9.17, 15) is 0 Å². The van der Waals surface area contributed by atoms with Crippen LogP contribution in [0.15, 0.2) is 4.99 Å². The first-order chi connectivity index (χ1) is 7.17. The average molecular weight is 226 g/mol. The maximum Gasteiger partial charge on any atom is 0.190 e. The van der Waals surface area contributed by atoms with Gasteiger partial charge >= 0.3 is 0 Å². The Labute approximate surface area is 94.8 Å². The van der Waals surface area contributed by atoms with Gasteiger partial charge in [-0.25, -0.2) is 4.98 Å². The van der Waals surface area contributed by atoms with Crippen LogP contribution in [-0.4, -0.2) is 31.6 Å². The third-order valence-electron chi connectivity index (χ3n) is 2.16. The third kappa shape index (κ3) is 3.51. The summed E-state index contributed by atoms with van der Waals surface area (Å²) in [5, 5.41) is 7.36. The number of rotatable bonds is 3. The Hall–Kier alpha value is -1.10. The number of nitrogens with zero attached hydrogens (tertiary/aromatic N) is 2. The van der Waals surface area contributed by atoms with Gasteiger partial charge in [0.25, 0.3) is 0 Å². The van der Waals surface area contributed by atoms with Crippen LogP contribution in [0.3, 0.4) is 0 Å². The van der Waals surface area contributed by atoms with Crippen LogP contribution in [0.4, 0.5) is 0 Å². The Morgan fingerprint density at radius 2 is 2.20 bits per heavy atom. The van der Waals surface area contributed by atoms with Crippen molar-refractivity contribution in [3.05, 3.63) is 15.6 Å². The van der Waals surface area contributed by atoms with Crippen molar-refractivity contribution in [3.63, 3.8) is 0 Å². The predicted molar refractivity (Wildman–Crippen MR) is 65.7 cm³/mol. The molecule has 0 aromatic carbocycles. The van der Waals surface area contributed by atoms with E-state index in [1.165, 1.54) is 9.88 Å². The van der Waals surface area contributed by atoms with Gasteiger partial charge in [-0.1, -0.05) is 0 Å². The summed E-state index contributed by atoms with van der Waals surface area (Å²) in [6.45, 7) is 5.02. The van der Waals surface area contributed by atoms with Gasteiger partial charge in [0.05, 0.1) is 10.7 Å². The number of aliphatic imine (C=N–C) groups is 1. The molecule has 1 aromatic heterocycles. The summed E-state index contributed by atoms with van der Waals surface area (Å²) in [5.41, 5.74) is 1.15. The molecular formula is C10H18N4S. The van der Waals surface area contributed by atoms with Crippen LogP contribution >= 0.6 is 11.3 Å². The van der Waals surface area contributed by atoms with Crippen LogP contribution in [0.1, 0.15) is 15.6 Å². The minimum absolute atomic E-state index is 0.819. The van der Waals surface area contributed by atoms with Gasteiger partial charge in [0.15, 0.2) is 5.96 Å². The second-order valence-corrected chi connectivity index (χ2v) is 4.54. The zero-order valence-corrected chi connectivity index (χ0v) is 10.5. The summed E-state index contributed by atoms with van der Waals surface area (Å²) in [6, 6.07) is 0. The normalized spacial score (nSPS) is 11.6. The van der Waals surface area contributed by atoms with Gasteiger partial charge < -0.3 is 10.6 Å². The lowest BCUT2D eigenvalue weighted by atomic mass is 10.4. The number of guanidine groups is 1. The van der Waals surface area contributed by atoms with E-state index in [1.807, 2.05) is 7.05 Å². The van der Waals surface area contributed by atoms with Gasteiger partial charge in [0.1, 0.15) is 0 Å². The smallest absolute Gasteiger partial charge is 0.190 e. The first-order valence-corrected chi connectivity index (χ1v) is 5.80. The number of nitrogens with one attached hydrogen (secondary N) is 2. The standard InChI is InChI=1S/C10H18N4S/c1-7-8(2)15-9(14-7)5-6-13-10(11-3)12-4/h5-6H2,1-4H3,(H2,11,12,13). The zero-order valence-electron chi connectivity index (χ0n) is 9.72. The van der Waals surface area contributed by atoms with Gasteiger partial charge in [-0.3, -0.25) is 4.99 Å². The minimum Gasteiger partial charge on any atom is -0.359 e. The minimum atomic E-state index is 0.819. The molecule has 0 spiro atoms. The number of hydrogen-bond acceptors (Lipinski definition) is 3. The van der Waals surface area contributed by atoms with Crippen molar-refractivity contribution in [1.29, 1.82) is 0 Å². The Morgan fingerprint density at radius 1 is 1.47 bits per heavy atom. The van der Waals surface area contributed by atoms with Crippen molar-refractivity contribution in [1.82, 2.24) is 15.6 Å². The summed E-state index contributed by atoms with van der Waals surface area (Å²) in [6.07, 6.45) is 0.944. The Bertz CT molecular complexity index is 324. The fraction of sp³-hybridized carbons (Fsp3) is 0.600. The lowest BCUT2D eigenvalue weighted by Crippen LogP contribution is -2.35. The van der Waals surface area contributed by atoms with Crippen LogP contribution in [0.25, 0.3) is 0 Å². The van der Waals surface area contributed by atoms with E-state index in [-0.39, 0.29) is 0 Å². The second-order valence-electron chi connectivity index (χ2n) is 3.25. The summed E-state index contributed by atoms with van der Waals surface area (Å²) in [4.78, 5) is 9.82. The molecule has 84 valence electrons. The van der Waals surface area contributed by atoms with Crippen LogP contribution in [0.2, 0.25) is 0 Å². The number of hydrogen-bond donors (Lipinski definition) is 2. The van der Waals surface area contributed by atoms with Crippen LogP contribution in [-0.2, 0) is 6.42 Å². The van der Waals surface area contributed by atoms with Crippen molar-refractivity contribution < 1.29 is 0 Å². The van der Waals surface area contributed by atoms with E-state index in [2.05, 4.69) is 34.5 Å². The Balaban J connectivity index is 2.38. The van der Waals surface area contributed by atoms with Gasteiger partial charge in [-0.15, -0.1) is 11.3 Å². The molecule has 0 aliphatic carbocycles. The molecule has 15 heavy (non-hydrogen) atoms. The highest BCUT2D eigenvalue weighted by Crippen LogP contribution is 2.16. The molecule has 0 unspecified atom stereocenters. The molecule has 5 heteroatoms. The molecule has 2 N–H and O–H groups in total. The van der Waals surface area contributed by atoms with Crippen LogP contribution in [0.5, 0.6) is 0 Å². The average Bonchev–Trinajstić information content (AvgIpc) is 2.53. The number of aryl methyl sites for hydroxylation is 2. The molecule has 0 saturated heterocycles. The predicted octanol–water partition coefficient (Wildman–Crippen LogP) is 1.10. The Morgan fingerprint density at radius 3 is 2.67 bits per heavy atom. The molecule has 0 fully saturated rings. The van der Waals surface area contributed by atoms with E-state index < -0.39 is 0 Å². The second kappa shape index (κ2) is 5.70. The molecule has 0 aliphatic rings. The third-order valence-corrected chi connectivity index (χ3v) is 3.30. The number of thiazole rings is 1. The van der Waals surface area contributed by atoms with E-state index >= 15 is 0 Å². The summed E-state index contributed by atoms with van der Waals surface area (Å²) in [5.74, 6) is 0.819. The molecule has 0 saturated carbocycles. The van der Waals surface area contributed by atoms with Gasteiger partial charge in [-0.05, 0) is 13.8 Å². The summed E-state index contributed by atoms with van der Waals surface area (Å²) < 4.78 is 0. The zero-order chi connectivity index (χ0) is 11.3. The molecule has 1 aromatic rings. The lowest BCUT2D eigenvalue weighted by Gasteiger charge is -2.06. The van der Waals surface area contributed by atoms with E-state index in [4.69, 9.17) is 0 Å². The Kier molecular flexibility index (Phi) is 4.55. The fourth-order valence-electron chi connectivity index (χ4n) is 1.21. The molecular weight excluding hydrogens is 208 g/mol. The molecule has 1 rings (SSSR count). The van der Waals surface area contributed by atoms with E-state index in [0.29, 0.717) is 0 Å². The molecule has 0 aliphatic heterocycles. The summed E-state index contributed by atoms with van der Waals surface area (Å²) in [7, 11) is 3.61. The molecule has 1 heterocycles. The first-order valence-electron chi connectivity index (χ1n) is 4.98. The number of aromatic nitrogens is 1. The largest absolute Gasteiger partial charge is 0.359 e. The van der Waals surface area contributed by atoms with Gasteiger partial charge in [-0.2, -0.15) is 0 Å². The van der Waals surface area contributed by atoms with Crippen molar-refractivity contribution in [2.24, 2.45) is 4.99 Å². The summed E-state index contributed by atoms with van der Waals surface area (Å²) >= 11 is 1.77. The van der Waals surface area contributed by atoms with Crippen LogP contribution < -0.4 is 10.6 Å². The maximum absolute atomic E-state index is 4.48. The van der Waals surface area contributed by atoms with Crippen molar-refractivity contribution in [2.75, 3.05) is 20.6 Å². The van der Waals surface area contributed by atoms with Crippen molar-refractivity contribution in [2.45, 2.75) is 20.3 Å². The van der Waals surface area contributed by atoms with Gasteiger partial charge in [0, 0.05) is 31.9 Å². The lowest BCUT2D eigenvalue weighted by molar-refractivity contribution is 0.826. The van der Waals surface area contributed by atoms with E-state index in [0.717, 1.165) is 24.6 Å². The highest BCUT2D eigenvalue weighted by atomic mass is 32.1. The topological polar surface area (TPSA) is 49.3 Å². The van der Waals surface area contributed by atoms with Crippen molar-refractivity contribution in [3.8, 4) is 0 Å². The first kappa shape index (κ1) is 12.0. The fourth-order valence-corrected chi connectivity index (χ4v) is 2.15. The van der Waals surface area contributed by atoms with Crippen molar-refractivity contribution >= 4 is 17.3 Å². The quantitative estimate of drug-likeness (QED) is 0.599. The molecule has 4 nitrogen and oxygen atoms in total. The maximum atomic E-state index is 4.48. The highest BCUT2D eigenvalue weighted by molar-refractivity contribution is 7.11. The monoisotopic (exact) mass is 226 g/mol. The molecule has 0 radical (unpaired) electrons. The van der Waals surface area contributed by atoms with Gasteiger partial charge in [0.2, 0.25) is 0 Å². The highest BCUT2D eigenvalue weighted by Gasteiger charge is 2.03. The SMILES string of the molecule is CN=C(NC)NCCc1nc(C)c(C)s1. The molecule has 0 atom stereocenters. The van der Waals surface area contributed by atoms with E-state index in [1.54, 1.807) is 18.4 Å².